The van der Waals surface area contributed by atoms with E-state index in [4.69, 9.17) is 5.73 Å². The first kappa shape index (κ1) is 14.9. The molecule has 0 bridgehead atoms. The van der Waals surface area contributed by atoms with Gasteiger partial charge in [0, 0.05) is 14.1 Å². The summed E-state index contributed by atoms with van der Waals surface area (Å²) in [6.45, 7) is -2.88. The van der Waals surface area contributed by atoms with Gasteiger partial charge in [0.05, 0.1) is 0 Å². The molecule has 0 aliphatic carbocycles. The fraction of sp³-hybridized carbons (Fsp3) is 0.333. The number of aldehydes is 1. The van der Waals surface area contributed by atoms with Gasteiger partial charge in [0.25, 0.3) is 0 Å². The Labute approximate surface area is 109 Å². The molecule has 1 rings (SSSR count). The standard InChI is InChI=1S/C12H15F2N3O2/c1-17(2)12(15)16-10(7-18)8-3-5-9(6-4-8)19-11(13)14/h3-7,10-11H,1-2H3,(H2,15,16). The van der Waals surface area contributed by atoms with Crippen molar-refractivity contribution in [2.45, 2.75) is 12.7 Å². The number of rotatable bonds is 5. The van der Waals surface area contributed by atoms with Crippen molar-refractivity contribution >= 4 is 12.2 Å². The highest BCUT2D eigenvalue weighted by Gasteiger charge is 2.11. The molecule has 5 nitrogen and oxygen atoms in total. The van der Waals surface area contributed by atoms with E-state index in [1.807, 2.05) is 0 Å². The van der Waals surface area contributed by atoms with E-state index in [2.05, 4.69) is 9.73 Å². The molecule has 0 radical (unpaired) electrons. The number of halogens is 2. The van der Waals surface area contributed by atoms with Crippen LogP contribution in [0.3, 0.4) is 0 Å². The summed E-state index contributed by atoms with van der Waals surface area (Å²) in [6.07, 6.45) is 0.624. The predicted molar refractivity (Wildman–Crippen MR) is 67.2 cm³/mol. The van der Waals surface area contributed by atoms with Gasteiger partial charge in [-0.3, -0.25) is 0 Å². The van der Waals surface area contributed by atoms with E-state index in [1.165, 1.54) is 24.3 Å². The van der Waals surface area contributed by atoms with Crippen molar-refractivity contribution in [2.24, 2.45) is 10.7 Å². The summed E-state index contributed by atoms with van der Waals surface area (Å²) >= 11 is 0. The van der Waals surface area contributed by atoms with Crippen molar-refractivity contribution in [1.29, 1.82) is 0 Å². The van der Waals surface area contributed by atoms with Crippen LogP contribution in [-0.2, 0) is 4.79 Å². The fourth-order valence-electron chi connectivity index (χ4n) is 1.29. The smallest absolute Gasteiger partial charge is 0.387 e. The van der Waals surface area contributed by atoms with Gasteiger partial charge in [-0.1, -0.05) is 12.1 Å². The minimum atomic E-state index is -2.88. The molecule has 0 aliphatic heterocycles. The second-order valence-electron chi connectivity index (χ2n) is 3.91. The largest absolute Gasteiger partial charge is 0.435 e. The molecule has 1 aromatic rings. The average Bonchev–Trinajstić information content (AvgIpc) is 2.36. The summed E-state index contributed by atoms with van der Waals surface area (Å²) in [5.74, 6) is 0.220. The van der Waals surface area contributed by atoms with Crippen LogP contribution in [0.15, 0.2) is 29.3 Å². The quantitative estimate of drug-likeness (QED) is 0.499. The maximum absolute atomic E-state index is 12.0. The first-order valence-electron chi connectivity index (χ1n) is 5.44. The molecular formula is C12H15F2N3O2. The first-order chi connectivity index (χ1) is 8.93. The monoisotopic (exact) mass is 271 g/mol. The number of hydrogen-bond donors (Lipinski definition) is 1. The van der Waals surface area contributed by atoms with Gasteiger partial charge in [-0.15, -0.1) is 0 Å². The lowest BCUT2D eigenvalue weighted by Gasteiger charge is -2.13. The van der Waals surface area contributed by atoms with Crippen LogP contribution in [0.5, 0.6) is 5.75 Å². The van der Waals surface area contributed by atoms with Crippen LogP contribution >= 0.6 is 0 Å². The van der Waals surface area contributed by atoms with Gasteiger partial charge in [-0.05, 0) is 17.7 Å². The van der Waals surface area contributed by atoms with Gasteiger partial charge in [-0.25, -0.2) is 4.99 Å². The molecule has 0 heterocycles. The van der Waals surface area contributed by atoms with E-state index in [1.54, 1.807) is 19.0 Å². The average molecular weight is 271 g/mol. The molecule has 0 amide bonds. The molecule has 0 aromatic heterocycles. The summed E-state index contributed by atoms with van der Waals surface area (Å²) < 4.78 is 28.2. The molecule has 0 aliphatic rings. The lowest BCUT2D eigenvalue weighted by molar-refractivity contribution is -0.108. The zero-order valence-electron chi connectivity index (χ0n) is 10.6. The normalized spacial score (nSPS) is 13.2. The summed E-state index contributed by atoms with van der Waals surface area (Å²) in [6, 6.07) is 4.90. The number of hydrogen-bond acceptors (Lipinski definition) is 3. The van der Waals surface area contributed by atoms with E-state index in [0.717, 1.165) is 0 Å². The lowest BCUT2D eigenvalue weighted by Crippen LogP contribution is -2.31. The van der Waals surface area contributed by atoms with Crippen LogP contribution in [0.1, 0.15) is 11.6 Å². The maximum atomic E-state index is 12.0. The highest BCUT2D eigenvalue weighted by molar-refractivity contribution is 5.80. The number of aliphatic imine (C=N–C) groups is 1. The molecule has 2 N–H and O–H groups in total. The third-order valence-corrected chi connectivity index (χ3v) is 2.31. The SMILES string of the molecule is CN(C)C(N)=NC(C=O)c1ccc(OC(F)F)cc1. The van der Waals surface area contributed by atoms with Crippen LogP contribution in [-0.4, -0.2) is 37.9 Å². The van der Waals surface area contributed by atoms with E-state index in [0.29, 0.717) is 11.8 Å². The Morgan fingerprint density at radius 3 is 2.37 bits per heavy atom. The van der Waals surface area contributed by atoms with Gasteiger partial charge in [0.2, 0.25) is 0 Å². The summed E-state index contributed by atoms with van der Waals surface area (Å²) in [5.41, 5.74) is 6.16. The molecule has 7 heteroatoms. The van der Waals surface area contributed by atoms with E-state index < -0.39 is 12.7 Å². The summed E-state index contributed by atoms with van der Waals surface area (Å²) in [7, 11) is 3.39. The molecule has 104 valence electrons. The fourth-order valence-corrected chi connectivity index (χ4v) is 1.29. The van der Waals surface area contributed by atoms with E-state index >= 15 is 0 Å². The number of guanidine groups is 1. The zero-order valence-corrected chi connectivity index (χ0v) is 10.6. The Balaban J connectivity index is 2.88. The van der Waals surface area contributed by atoms with Crippen molar-refractivity contribution < 1.29 is 18.3 Å². The molecule has 0 saturated carbocycles. The Bertz CT molecular complexity index is 447. The van der Waals surface area contributed by atoms with Gasteiger partial charge >= 0.3 is 6.61 Å². The second-order valence-corrected chi connectivity index (χ2v) is 3.91. The number of benzene rings is 1. The van der Waals surface area contributed by atoms with E-state index in [9.17, 15) is 13.6 Å². The maximum Gasteiger partial charge on any atom is 0.387 e. The molecule has 1 aromatic carbocycles. The number of carbonyl (C=O) groups is 1. The molecule has 19 heavy (non-hydrogen) atoms. The first-order valence-corrected chi connectivity index (χ1v) is 5.44. The van der Waals surface area contributed by atoms with Crippen molar-refractivity contribution in [3.05, 3.63) is 29.8 Å². The number of alkyl halides is 2. The lowest BCUT2D eigenvalue weighted by atomic mass is 10.1. The molecule has 1 unspecified atom stereocenters. The van der Waals surface area contributed by atoms with Gasteiger partial charge in [0.1, 0.15) is 18.1 Å². The highest BCUT2D eigenvalue weighted by Crippen LogP contribution is 2.20. The molecule has 0 spiro atoms. The molecular weight excluding hydrogens is 256 g/mol. The Hall–Kier alpha value is -2.18. The number of nitrogens with two attached hydrogens (primary N) is 1. The topological polar surface area (TPSA) is 67.9 Å². The Morgan fingerprint density at radius 2 is 1.95 bits per heavy atom. The minimum Gasteiger partial charge on any atom is -0.435 e. The third kappa shape index (κ3) is 4.53. The van der Waals surface area contributed by atoms with Crippen LogP contribution in [0.25, 0.3) is 0 Å². The van der Waals surface area contributed by atoms with Gasteiger partial charge in [0.15, 0.2) is 5.96 Å². The minimum absolute atomic E-state index is 0.0213. The molecule has 1 atom stereocenters. The predicted octanol–water partition coefficient (Wildman–Crippen LogP) is 1.40. The number of carbonyl (C=O) groups excluding carboxylic acids is 1. The number of nitrogens with zero attached hydrogens (tertiary/aromatic N) is 2. The van der Waals surface area contributed by atoms with Crippen LogP contribution < -0.4 is 10.5 Å². The Morgan fingerprint density at radius 1 is 1.37 bits per heavy atom. The van der Waals surface area contributed by atoms with Crippen molar-refractivity contribution in [1.82, 2.24) is 4.90 Å². The van der Waals surface area contributed by atoms with Crippen LogP contribution in [0.2, 0.25) is 0 Å². The van der Waals surface area contributed by atoms with Crippen LogP contribution in [0, 0.1) is 0 Å². The Kier molecular flexibility index (Phi) is 5.23. The zero-order chi connectivity index (χ0) is 14.4. The van der Waals surface area contributed by atoms with Crippen molar-refractivity contribution in [2.75, 3.05) is 14.1 Å². The number of ether oxygens (including phenoxy) is 1. The van der Waals surface area contributed by atoms with E-state index in [-0.39, 0.29) is 11.7 Å². The molecule has 0 saturated heterocycles. The molecule has 0 fully saturated rings. The highest BCUT2D eigenvalue weighted by atomic mass is 19.3. The van der Waals surface area contributed by atoms with Crippen molar-refractivity contribution in [3.8, 4) is 5.75 Å². The summed E-state index contributed by atoms with van der Waals surface area (Å²) in [4.78, 5) is 16.6. The van der Waals surface area contributed by atoms with Crippen LogP contribution in [0.4, 0.5) is 8.78 Å². The second kappa shape index (κ2) is 6.67. The summed E-state index contributed by atoms with van der Waals surface area (Å²) in [5, 5.41) is 0. The third-order valence-electron chi connectivity index (χ3n) is 2.31. The van der Waals surface area contributed by atoms with Gasteiger partial charge < -0.3 is 20.2 Å². The van der Waals surface area contributed by atoms with Crippen molar-refractivity contribution in [3.63, 3.8) is 0 Å². The van der Waals surface area contributed by atoms with Gasteiger partial charge in [-0.2, -0.15) is 8.78 Å².